The molecule has 3 N–H and O–H groups in total. The molecule has 2 unspecified atom stereocenters. The summed E-state index contributed by atoms with van der Waals surface area (Å²) in [4.78, 5) is 33.0. The van der Waals surface area contributed by atoms with E-state index in [0.717, 1.165) is 38.5 Å². The molecule has 0 saturated carbocycles. The number of aliphatic hydroxyl groups excluding tert-OH is 1. The standard InChI is InChI=1S/C26H52NO8P/c1-3-5-7-8-9-10-11-12-13-14-15-17-18-25(29)27-20-21-34-36(31,32)35-23-24(28)22-33-26(30)19-16-6-4-2/h24,28H,3-23H2,1-2H3,(H,27,29)(H,31,32). The van der Waals surface area contributed by atoms with E-state index in [1.807, 2.05) is 6.92 Å². The molecule has 10 heteroatoms. The second-order valence-electron chi connectivity index (χ2n) is 9.38. The van der Waals surface area contributed by atoms with Crippen molar-refractivity contribution < 1.29 is 37.9 Å². The molecule has 0 saturated heterocycles. The van der Waals surface area contributed by atoms with Crippen molar-refractivity contribution in [1.82, 2.24) is 5.32 Å². The number of esters is 1. The Balaban J connectivity index is 3.62. The van der Waals surface area contributed by atoms with Crippen LogP contribution in [0.2, 0.25) is 0 Å². The van der Waals surface area contributed by atoms with Crippen LogP contribution < -0.4 is 5.32 Å². The second kappa shape index (κ2) is 24.4. The zero-order valence-electron chi connectivity index (χ0n) is 22.7. The molecule has 0 bridgehead atoms. The van der Waals surface area contributed by atoms with Gasteiger partial charge in [0.05, 0.1) is 13.2 Å². The summed E-state index contributed by atoms with van der Waals surface area (Å²) in [7, 11) is -4.38. The van der Waals surface area contributed by atoms with Crippen LogP contribution in [0.15, 0.2) is 0 Å². The molecule has 0 aliphatic rings. The lowest BCUT2D eigenvalue weighted by atomic mass is 10.0. The van der Waals surface area contributed by atoms with Gasteiger partial charge in [-0.05, 0) is 12.8 Å². The van der Waals surface area contributed by atoms with Gasteiger partial charge in [0.2, 0.25) is 5.91 Å². The molecule has 0 aromatic heterocycles. The Morgan fingerprint density at radius 1 is 0.750 bits per heavy atom. The van der Waals surface area contributed by atoms with Crippen LogP contribution in [0, 0.1) is 0 Å². The monoisotopic (exact) mass is 537 g/mol. The van der Waals surface area contributed by atoms with E-state index in [2.05, 4.69) is 12.2 Å². The number of nitrogens with one attached hydrogen (secondary N) is 1. The minimum atomic E-state index is -4.38. The van der Waals surface area contributed by atoms with E-state index in [4.69, 9.17) is 13.8 Å². The average Bonchev–Trinajstić information content (AvgIpc) is 2.85. The second-order valence-corrected chi connectivity index (χ2v) is 10.8. The molecular weight excluding hydrogens is 485 g/mol. The first-order chi connectivity index (χ1) is 17.3. The van der Waals surface area contributed by atoms with Crippen LogP contribution in [-0.4, -0.2) is 54.3 Å². The molecule has 9 nitrogen and oxygen atoms in total. The van der Waals surface area contributed by atoms with Gasteiger partial charge >= 0.3 is 13.8 Å². The number of carbonyl (C=O) groups is 2. The Kier molecular flexibility index (Phi) is 23.7. The Bertz CT molecular complexity index is 590. The number of ether oxygens (including phenoxy) is 1. The number of hydrogen-bond donors (Lipinski definition) is 3. The molecule has 0 fully saturated rings. The van der Waals surface area contributed by atoms with Crippen molar-refractivity contribution in [2.45, 2.75) is 129 Å². The van der Waals surface area contributed by atoms with E-state index in [9.17, 15) is 24.2 Å². The van der Waals surface area contributed by atoms with Gasteiger partial charge in [0.15, 0.2) is 0 Å². The number of hydrogen-bond acceptors (Lipinski definition) is 7. The van der Waals surface area contributed by atoms with Gasteiger partial charge < -0.3 is 20.1 Å². The lowest BCUT2D eigenvalue weighted by Gasteiger charge is -2.15. The van der Waals surface area contributed by atoms with Crippen molar-refractivity contribution in [3.05, 3.63) is 0 Å². The summed E-state index contributed by atoms with van der Waals surface area (Å²) < 4.78 is 26.3. The van der Waals surface area contributed by atoms with Crippen molar-refractivity contribution in [2.75, 3.05) is 26.4 Å². The number of phosphoric acid groups is 1. The molecule has 0 radical (unpaired) electrons. The minimum absolute atomic E-state index is 0.0862. The highest BCUT2D eigenvalue weighted by Crippen LogP contribution is 2.42. The maximum absolute atomic E-state index is 11.9. The van der Waals surface area contributed by atoms with Crippen molar-refractivity contribution in [3.63, 3.8) is 0 Å². The lowest BCUT2D eigenvalue weighted by Crippen LogP contribution is -2.27. The van der Waals surface area contributed by atoms with Crippen molar-refractivity contribution in [2.24, 2.45) is 0 Å². The van der Waals surface area contributed by atoms with Crippen LogP contribution in [0.5, 0.6) is 0 Å². The molecule has 0 aromatic carbocycles. The van der Waals surface area contributed by atoms with Crippen LogP contribution in [0.3, 0.4) is 0 Å². The highest BCUT2D eigenvalue weighted by Gasteiger charge is 2.23. The summed E-state index contributed by atoms with van der Waals surface area (Å²) in [5.41, 5.74) is 0. The topological polar surface area (TPSA) is 131 Å². The Hall–Kier alpha value is -0.990. The third kappa shape index (κ3) is 24.7. The summed E-state index contributed by atoms with van der Waals surface area (Å²) in [6.07, 6.45) is 16.9. The van der Waals surface area contributed by atoms with Crippen LogP contribution >= 0.6 is 7.82 Å². The molecule has 214 valence electrons. The van der Waals surface area contributed by atoms with Gasteiger partial charge in [-0.15, -0.1) is 0 Å². The highest BCUT2D eigenvalue weighted by atomic mass is 31.2. The van der Waals surface area contributed by atoms with Crippen molar-refractivity contribution in [1.29, 1.82) is 0 Å². The third-order valence-electron chi connectivity index (χ3n) is 5.79. The first-order valence-corrected chi connectivity index (χ1v) is 15.5. The fourth-order valence-corrected chi connectivity index (χ4v) is 4.37. The summed E-state index contributed by atoms with van der Waals surface area (Å²) in [6.45, 7) is 3.32. The van der Waals surface area contributed by atoms with Gasteiger partial charge in [-0.3, -0.25) is 18.6 Å². The van der Waals surface area contributed by atoms with E-state index >= 15 is 0 Å². The highest BCUT2D eigenvalue weighted by molar-refractivity contribution is 7.47. The van der Waals surface area contributed by atoms with Crippen LogP contribution in [0.25, 0.3) is 0 Å². The van der Waals surface area contributed by atoms with Crippen LogP contribution in [0.4, 0.5) is 0 Å². The number of amides is 1. The summed E-state index contributed by atoms with van der Waals surface area (Å²) in [6, 6.07) is 0. The SMILES string of the molecule is CCCCCCCCCCCCCCC(=O)NCCOP(=O)(O)OCC(O)COC(=O)CCCCC. The molecule has 2 atom stereocenters. The molecular formula is C26H52NO8P. The maximum atomic E-state index is 11.9. The number of rotatable bonds is 26. The summed E-state index contributed by atoms with van der Waals surface area (Å²) in [5.74, 6) is -0.541. The summed E-state index contributed by atoms with van der Waals surface area (Å²) >= 11 is 0. The van der Waals surface area contributed by atoms with Gasteiger partial charge in [-0.25, -0.2) is 4.57 Å². The average molecular weight is 538 g/mol. The molecule has 0 aromatic rings. The zero-order chi connectivity index (χ0) is 26.9. The molecule has 0 spiro atoms. The van der Waals surface area contributed by atoms with Gasteiger partial charge in [0.25, 0.3) is 0 Å². The fraction of sp³-hybridized carbons (Fsp3) is 0.923. The molecule has 1 amide bonds. The normalized spacial score (nSPS) is 13.8. The number of carbonyl (C=O) groups excluding carboxylic acids is 2. The van der Waals surface area contributed by atoms with E-state index in [1.165, 1.54) is 57.8 Å². The van der Waals surface area contributed by atoms with Gasteiger partial charge in [0, 0.05) is 19.4 Å². The van der Waals surface area contributed by atoms with Crippen molar-refractivity contribution >= 4 is 19.7 Å². The Morgan fingerprint density at radius 2 is 1.25 bits per heavy atom. The predicted molar refractivity (Wildman–Crippen MR) is 142 cm³/mol. The van der Waals surface area contributed by atoms with E-state index in [0.29, 0.717) is 6.42 Å². The van der Waals surface area contributed by atoms with Crippen molar-refractivity contribution in [3.8, 4) is 0 Å². The lowest BCUT2D eigenvalue weighted by molar-refractivity contribution is -0.147. The first-order valence-electron chi connectivity index (χ1n) is 14.0. The summed E-state index contributed by atoms with van der Waals surface area (Å²) in [5, 5.41) is 12.4. The van der Waals surface area contributed by atoms with Gasteiger partial charge in [-0.2, -0.15) is 0 Å². The van der Waals surface area contributed by atoms with Crippen LogP contribution in [-0.2, 0) is 27.9 Å². The first kappa shape index (κ1) is 35.0. The zero-order valence-corrected chi connectivity index (χ0v) is 23.6. The molecule has 36 heavy (non-hydrogen) atoms. The fourth-order valence-electron chi connectivity index (χ4n) is 3.61. The van der Waals surface area contributed by atoms with E-state index < -0.39 is 26.5 Å². The minimum Gasteiger partial charge on any atom is -0.463 e. The Morgan fingerprint density at radius 3 is 1.83 bits per heavy atom. The molecule has 0 aliphatic heterocycles. The van der Waals surface area contributed by atoms with Gasteiger partial charge in [0.1, 0.15) is 12.7 Å². The quantitative estimate of drug-likeness (QED) is 0.0715. The number of phosphoric ester groups is 1. The number of unbranched alkanes of at least 4 members (excludes halogenated alkanes) is 13. The predicted octanol–water partition coefficient (Wildman–Crippen LogP) is 5.81. The van der Waals surface area contributed by atoms with Crippen LogP contribution in [0.1, 0.15) is 123 Å². The van der Waals surface area contributed by atoms with E-state index in [-0.39, 0.29) is 32.1 Å². The van der Waals surface area contributed by atoms with E-state index in [1.54, 1.807) is 0 Å². The smallest absolute Gasteiger partial charge is 0.463 e. The number of aliphatic hydroxyl groups is 1. The molecule has 0 rings (SSSR count). The molecule has 0 aliphatic carbocycles. The Labute approximate surface area is 218 Å². The third-order valence-corrected chi connectivity index (χ3v) is 6.77. The molecule has 0 heterocycles. The largest absolute Gasteiger partial charge is 0.472 e. The van der Waals surface area contributed by atoms with Gasteiger partial charge in [-0.1, -0.05) is 97.3 Å². The maximum Gasteiger partial charge on any atom is 0.472 e.